The number of esters is 1. The van der Waals surface area contributed by atoms with E-state index in [-0.39, 0.29) is 5.97 Å². The third-order valence-corrected chi connectivity index (χ3v) is 1.59. The second kappa shape index (κ2) is 3.38. The van der Waals surface area contributed by atoms with Crippen LogP contribution in [0.4, 0.5) is 0 Å². The molecule has 4 nitrogen and oxygen atoms in total. The SMILES string of the molecule is CCOC(=O)c1c(C)ncn1C. The molecular weight excluding hydrogens is 156 g/mol. The average molecular weight is 168 g/mol. The van der Waals surface area contributed by atoms with E-state index in [1.54, 1.807) is 31.8 Å². The first-order chi connectivity index (χ1) is 5.66. The highest BCUT2D eigenvalue weighted by Gasteiger charge is 2.14. The Labute approximate surface area is 71.2 Å². The summed E-state index contributed by atoms with van der Waals surface area (Å²) >= 11 is 0. The van der Waals surface area contributed by atoms with E-state index in [4.69, 9.17) is 4.74 Å². The number of hydrogen-bond acceptors (Lipinski definition) is 3. The van der Waals surface area contributed by atoms with Gasteiger partial charge in [0.1, 0.15) is 5.69 Å². The number of aryl methyl sites for hydroxylation is 2. The van der Waals surface area contributed by atoms with E-state index < -0.39 is 0 Å². The summed E-state index contributed by atoms with van der Waals surface area (Å²) in [5, 5.41) is 0. The Bertz CT molecular complexity index is 272. The van der Waals surface area contributed by atoms with Crippen molar-refractivity contribution < 1.29 is 9.53 Å². The molecule has 0 aliphatic heterocycles. The zero-order chi connectivity index (χ0) is 9.14. The molecule has 0 amide bonds. The minimum atomic E-state index is -0.310. The van der Waals surface area contributed by atoms with Gasteiger partial charge in [0.2, 0.25) is 0 Å². The molecule has 1 rings (SSSR count). The van der Waals surface area contributed by atoms with E-state index in [9.17, 15) is 4.79 Å². The Hall–Kier alpha value is -1.32. The molecule has 0 radical (unpaired) electrons. The average Bonchev–Trinajstić information content (AvgIpc) is 2.32. The lowest BCUT2D eigenvalue weighted by atomic mass is 10.3. The normalized spacial score (nSPS) is 9.92. The molecular formula is C8H12N2O2. The molecule has 0 unspecified atom stereocenters. The van der Waals surface area contributed by atoms with Crippen molar-refractivity contribution >= 4 is 5.97 Å². The van der Waals surface area contributed by atoms with Crippen LogP contribution < -0.4 is 0 Å². The van der Waals surface area contributed by atoms with Gasteiger partial charge in [-0.2, -0.15) is 0 Å². The number of carbonyl (C=O) groups excluding carboxylic acids is 1. The largest absolute Gasteiger partial charge is 0.461 e. The standard InChI is InChI=1S/C8H12N2O2/c1-4-12-8(11)7-6(2)9-5-10(7)3/h5H,4H2,1-3H3. The van der Waals surface area contributed by atoms with Gasteiger partial charge in [-0.25, -0.2) is 9.78 Å². The molecule has 1 heterocycles. The summed E-state index contributed by atoms with van der Waals surface area (Å²) in [4.78, 5) is 15.2. The predicted molar refractivity (Wildman–Crippen MR) is 43.9 cm³/mol. The third kappa shape index (κ3) is 1.47. The Kier molecular flexibility index (Phi) is 2.47. The van der Waals surface area contributed by atoms with Crippen molar-refractivity contribution in [2.45, 2.75) is 13.8 Å². The molecule has 12 heavy (non-hydrogen) atoms. The first-order valence-corrected chi connectivity index (χ1v) is 3.81. The Morgan fingerprint density at radius 2 is 2.42 bits per heavy atom. The van der Waals surface area contributed by atoms with Crippen LogP contribution >= 0.6 is 0 Å². The lowest BCUT2D eigenvalue weighted by Crippen LogP contribution is -2.10. The van der Waals surface area contributed by atoms with E-state index in [1.807, 2.05) is 0 Å². The topological polar surface area (TPSA) is 44.1 Å². The molecule has 0 spiro atoms. The number of aromatic nitrogens is 2. The number of ether oxygens (including phenoxy) is 1. The molecule has 1 aromatic rings. The van der Waals surface area contributed by atoms with Gasteiger partial charge in [0.25, 0.3) is 0 Å². The van der Waals surface area contributed by atoms with Crippen molar-refractivity contribution in [2.24, 2.45) is 7.05 Å². The van der Waals surface area contributed by atoms with Crippen LogP contribution in [0, 0.1) is 6.92 Å². The fourth-order valence-electron chi connectivity index (χ4n) is 1.04. The number of hydrogen-bond donors (Lipinski definition) is 0. The van der Waals surface area contributed by atoms with Crippen LogP contribution in [0.1, 0.15) is 23.1 Å². The van der Waals surface area contributed by atoms with Gasteiger partial charge in [-0.1, -0.05) is 0 Å². The highest BCUT2D eigenvalue weighted by atomic mass is 16.5. The lowest BCUT2D eigenvalue weighted by Gasteiger charge is -2.02. The van der Waals surface area contributed by atoms with Crippen LogP contribution in [0.2, 0.25) is 0 Å². The fourth-order valence-corrected chi connectivity index (χ4v) is 1.04. The van der Waals surface area contributed by atoms with Crippen LogP contribution in [0.25, 0.3) is 0 Å². The van der Waals surface area contributed by atoms with E-state index in [1.165, 1.54) is 0 Å². The first-order valence-electron chi connectivity index (χ1n) is 3.81. The Morgan fingerprint density at radius 3 is 2.83 bits per heavy atom. The van der Waals surface area contributed by atoms with Crippen molar-refractivity contribution in [1.82, 2.24) is 9.55 Å². The number of nitrogens with zero attached hydrogens (tertiary/aromatic N) is 2. The summed E-state index contributed by atoms with van der Waals surface area (Å²) in [6, 6.07) is 0. The maximum Gasteiger partial charge on any atom is 0.356 e. The van der Waals surface area contributed by atoms with Crippen LogP contribution in [0.15, 0.2) is 6.33 Å². The number of carbonyl (C=O) groups is 1. The van der Waals surface area contributed by atoms with Crippen LogP contribution in [0.5, 0.6) is 0 Å². The van der Waals surface area contributed by atoms with Gasteiger partial charge in [-0.15, -0.1) is 0 Å². The van der Waals surface area contributed by atoms with Gasteiger partial charge in [0, 0.05) is 7.05 Å². The van der Waals surface area contributed by atoms with Crippen molar-refractivity contribution in [1.29, 1.82) is 0 Å². The molecule has 4 heteroatoms. The van der Waals surface area contributed by atoms with Crippen LogP contribution in [0.3, 0.4) is 0 Å². The van der Waals surface area contributed by atoms with Crippen LogP contribution in [-0.4, -0.2) is 22.1 Å². The summed E-state index contributed by atoms with van der Waals surface area (Å²) in [6.45, 7) is 3.96. The van der Waals surface area contributed by atoms with E-state index in [2.05, 4.69) is 4.98 Å². The summed E-state index contributed by atoms with van der Waals surface area (Å²) < 4.78 is 6.51. The molecule has 0 atom stereocenters. The molecule has 66 valence electrons. The monoisotopic (exact) mass is 168 g/mol. The molecule has 0 saturated heterocycles. The molecule has 0 aliphatic rings. The smallest absolute Gasteiger partial charge is 0.356 e. The van der Waals surface area contributed by atoms with Gasteiger partial charge in [0.05, 0.1) is 18.6 Å². The molecule has 0 saturated carbocycles. The van der Waals surface area contributed by atoms with Crippen molar-refractivity contribution in [2.75, 3.05) is 6.61 Å². The number of rotatable bonds is 2. The second-order valence-electron chi connectivity index (χ2n) is 2.51. The van der Waals surface area contributed by atoms with E-state index in [0.717, 1.165) is 0 Å². The summed E-state index contributed by atoms with van der Waals surface area (Å²) in [5.74, 6) is -0.310. The summed E-state index contributed by atoms with van der Waals surface area (Å²) in [6.07, 6.45) is 1.60. The maximum absolute atomic E-state index is 11.3. The Balaban J connectivity index is 2.93. The van der Waals surface area contributed by atoms with Gasteiger partial charge in [0.15, 0.2) is 0 Å². The lowest BCUT2D eigenvalue weighted by molar-refractivity contribution is 0.0514. The van der Waals surface area contributed by atoms with Gasteiger partial charge >= 0.3 is 5.97 Å². The van der Waals surface area contributed by atoms with E-state index >= 15 is 0 Å². The predicted octanol–water partition coefficient (Wildman–Crippen LogP) is 0.905. The minimum absolute atomic E-state index is 0.310. The van der Waals surface area contributed by atoms with E-state index in [0.29, 0.717) is 18.0 Å². The highest BCUT2D eigenvalue weighted by Crippen LogP contribution is 2.05. The third-order valence-electron chi connectivity index (χ3n) is 1.59. The maximum atomic E-state index is 11.3. The quantitative estimate of drug-likeness (QED) is 0.616. The molecule has 0 aliphatic carbocycles. The van der Waals surface area contributed by atoms with Crippen molar-refractivity contribution in [3.63, 3.8) is 0 Å². The molecule has 0 bridgehead atoms. The highest BCUT2D eigenvalue weighted by molar-refractivity contribution is 5.88. The second-order valence-corrected chi connectivity index (χ2v) is 2.51. The van der Waals surface area contributed by atoms with Crippen molar-refractivity contribution in [3.8, 4) is 0 Å². The Morgan fingerprint density at radius 1 is 1.75 bits per heavy atom. The number of imidazole rings is 1. The zero-order valence-corrected chi connectivity index (χ0v) is 7.50. The summed E-state index contributed by atoms with van der Waals surface area (Å²) in [7, 11) is 1.77. The molecule has 0 aromatic carbocycles. The molecule has 0 N–H and O–H groups in total. The fraction of sp³-hybridized carbons (Fsp3) is 0.500. The summed E-state index contributed by atoms with van der Waals surface area (Å²) in [5.41, 5.74) is 1.23. The van der Waals surface area contributed by atoms with Gasteiger partial charge in [-0.05, 0) is 13.8 Å². The van der Waals surface area contributed by atoms with Crippen molar-refractivity contribution in [3.05, 3.63) is 17.7 Å². The van der Waals surface area contributed by atoms with Gasteiger partial charge < -0.3 is 9.30 Å². The molecule has 1 aromatic heterocycles. The molecule has 0 fully saturated rings. The zero-order valence-electron chi connectivity index (χ0n) is 7.50. The van der Waals surface area contributed by atoms with Crippen LogP contribution in [-0.2, 0) is 11.8 Å². The minimum Gasteiger partial charge on any atom is -0.461 e. The van der Waals surface area contributed by atoms with Gasteiger partial charge in [-0.3, -0.25) is 0 Å². The first kappa shape index (κ1) is 8.77.